The first-order chi connectivity index (χ1) is 9.25. The SMILES string of the molecule is CC(C)N(CC1CCCN1)c1ncnc2sccc12. The van der Waals surface area contributed by atoms with Gasteiger partial charge in [0, 0.05) is 18.6 Å². The maximum absolute atomic E-state index is 4.54. The highest BCUT2D eigenvalue weighted by Crippen LogP contribution is 2.28. The molecule has 2 aromatic rings. The molecule has 0 amide bonds. The fourth-order valence-corrected chi connectivity index (χ4v) is 3.42. The third-order valence-corrected chi connectivity index (χ3v) is 4.54. The summed E-state index contributed by atoms with van der Waals surface area (Å²) in [4.78, 5) is 12.4. The molecule has 1 unspecified atom stereocenters. The lowest BCUT2D eigenvalue weighted by Gasteiger charge is -2.30. The molecule has 0 saturated carbocycles. The number of hydrogen-bond acceptors (Lipinski definition) is 5. The summed E-state index contributed by atoms with van der Waals surface area (Å²) in [5.74, 6) is 1.08. The molecule has 0 radical (unpaired) electrons. The number of anilines is 1. The zero-order valence-corrected chi connectivity index (χ0v) is 12.3. The Morgan fingerprint density at radius 1 is 1.47 bits per heavy atom. The van der Waals surface area contributed by atoms with Crippen molar-refractivity contribution in [1.29, 1.82) is 0 Å². The molecule has 0 spiro atoms. The van der Waals surface area contributed by atoms with E-state index in [9.17, 15) is 0 Å². The predicted molar refractivity (Wildman–Crippen MR) is 80.9 cm³/mol. The second kappa shape index (κ2) is 5.43. The van der Waals surface area contributed by atoms with Crippen molar-refractivity contribution in [3.05, 3.63) is 17.8 Å². The van der Waals surface area contributed by atoms with Crippen LogP contribution in [0.25, 0.3) is 10.2 Å². The Kier molecular flexibility index (Phi) is 3.66. The monoisotopic (exact) mass is 276 g/mol. The Labute approximate surface area is 117 Å². The van der Waals surface area contributed by atoms with Gasteiger partial charge in [-0.3, -0.25) is 0 Å². The first-order valence-corrected chi connectivity index (χ1v) is 7.82. The summed E-state index contributed by atoms with van der Waals surface area (Å²) in [5, 5.41) is 6.84. The molecule has 3 rings (SSSR count). The third kappa shape index (κ3) is 2.58. The summed E-state index contributed by atoms with van der Waals surface area (Å²) < 4.78 is 0. The minimum Gasteiger partial charge on any atom is -0.352 e. The van der Waals surface area contributed by atoms with Crippen LogP contribution >= 0.6 is 11.3 Å². The van der Waals surface area contributed by atoms with Crippen molar-refractivity contribution in [3.63, 3.8) is 0 Å². The number of fused-ring (bicyclic) bond motifs is 1. The van der Waals surface area contributed by atoms with Crippen LogP contribution in [0, 0.1) is 0 Å². The highest BCUT2D eigenvalue weighted by Gasteiger charge is 2.22. The highest BCUT2D eigenvalue weighted by molar-refractivity contribution is 7.16. The Morgan fingerprint density at radius 2 is 2.37 bits per heavy atom. The van der Waals surface area contributed by atoms with Gasteiger partial charge in [0.25, 0.3) is 0 Å². The van der Waals surface area contributed by atoms with Crippen molar-refractivity contribution in [1.82, 2.24) is 15.3 Å². The van der Waals surface area contributed by atoms with E-state index < -0.39 is 0 Å². The maximum atomic E-state index is 4.54. The van der Waals surface area contributed by atoms with Crippen molar-refractivity contribution < 1.29 is 0 Å². The van der Waals surface area contributed by atoms with Crippen molar-refractivity contribution in [2.45, 2.75) is 38.8 Å². The van der Waals surface area contributed by atoms with Crippen LogP contribution in [0.15, 0.2) is 17.8 Å². The van der Waals surface area contributed by atoms with Gasteiger partial charge in [0.15, 0.2) is 0 Å². The number of aromatic nitrogens is 2. The van der Waals surface area contributed by atoms with E-state index >= 15 is 0 Å². The van der Waals surface area contributed by atoms with Gasteiger partial charge in [-0.05, 0) is 44.7 Å². The summed E-state index contributed by atoms with van der Waals surface area (Å²) in [6, 6.07) is 3.17. The molecule has 19 heavy (non-hydrogen) atoms. The molecule has 3 heterocycles. The summed E-state index contributed by atoms with van der Waals surface area (Å²) in [5.41, 5.74) is 0. The summed E-state index contributed by atoms with van der Waals surface area (Å²) in [6.07, 6.45) is 4.24. The van der Waals surface area contributed by atoms with Crippen molar-refractivity contribution >= 4 is 27.4 Å². The number of thiophene rings is 1. The Balaban J connectivity index is 1.92. The van der Waals surface area contributed by atoms with Crippen LogP contribution < -0.4 is 10.2 Å². The zero-order valence-electron chi connectivity index (χ0n) is 11.5. The van der Waals surface area contributed by atoms with Crippen molar-refractivity contribution in [2.75, 3.05) is 18.0 Å². The van der Waals surface area contributed by atoms with Gasteiger partial charge in [0.05, 0.1) is 5.39 Å². The molecule has 5 heteroatoms. The van der Waals surface area contributed by atoms with E-state index in [-0.39, 0.29) is 0 Å². The zero-order chi connectivity index (χ0) is 13.2. The first kappa shape index (κ1) is 12.8. The second-order valence-electron chi connectivity index (χ2n) is 5.38. The molecule has 0 aromatic carbocycles. The third-order valence-electron chi connectivity index (χ3n) is 3.72. The predicted octanol–water partition coefficient (Wildman–Crippen LogP) is 2.66. The second-order valence-corrected chi connectivity index (χ2v) is 6.27. The molecule has 0 bridgehead atoms. The molecule has 4 nitrogen and oxygen atoms in total. The van der Waals surface area contributed by atoms with Crippen LogP contribution in [-0.2, 0) is 0 Å². The van der Waals surface area contributed by atoms with Gasteiger partial charge >= 0.3 is 0 Å². The molecule has 1 aliphatic heterocycles. The summed E-state index contributed by atoms with van der Waals surface area (Å²) in [6.45, 7) is 6.64. The smallest absolute Gasteiger partial charge is 0.141 e. The topological polar surface area (TPSA) is 41.0 Å². The van der Waals surface area contributed by atoms with E-state index in [1.165, 1.54) is 18.2 Å². The van der Waals surface area contributed by atoms with E-state index in [0.717, 1.165) is 23.7 Å². The lowest BCUT2D eigenvalue weighted by atomic mass is 10.2. The van der Waals surface area contributed by atoms with E-state index in [0.29, 0.717) is 12.1 Å². The largest absolute Gasteiger partial charge is 0.352 e. The Hall–Kier alpha value is -1.20. The van der Waals surface area contributed by atoms with Crippen molar-refractivity contribution in [2.24, 2.45) is 0 Å². The van der Waals surface area contributed by atoms with E-state index in [4.69, 9.17) is 0 Å². The van der Waals surface area contributed by atoms with Crippen molar-refractivity contribution in [3.8, 4) is 0 Å². The van der Waals surface area contributed by atoms with Gasteiger partial charge in [-0.2, -0.15) is 0 Å². The normalized spacial score (nSPS) is 19.4. The van der Waals surface area contributed by atoms with Gasteiger partial charge in [0.1, 0.15) is 17.0 Å². The minimum atomic E-state index is 0.445. The summed E-state index contributed by atoms with van der Waals surface area (Å²) in [7, 11) is 0. The van der Waals surface area contributed by atoms with E-state index in [1.807, 2.05) is 0 Å². The van der Waals surface area contributed by atoms with Crippen LogP contribution in [0.5, 0.6) is 0 Å². The number of rotatable bonds is 4. The molecule has 1 saturated heterocycles. The number of nitrogens with one attached hydrogen (secondary N) is 1. The number of hydrogen-bond donors (Lipinski definition) is 1. The van der Waals surface area contributed by atoms with E-state index in [2.05, 4.69) is 45.5 Å². The molecule has 0 aliphatic carbocycles. The Morgan fingerprint density at radius 3 is 3.11 bits per heavy atom. The van der Waals surface area contributed by atoms with Gasteiger partial charge in [-0.15, -0.1) is 11.3 Å². The average Bonchev–Trinajstić information content (AvgIpc) is 3.06. The molecule has 102 valence electrons. The fourth-order valence-electron chi connectivity index (χ4n) is 2.70. The lowest BCUT2D eigenvalue weighted by Crippen LogP contribution is -2.41. The fraction of sp³-hybridized carbons (Fsp3) is 0.571. The van der Waals surface area contributed by atoms with Crippen LogP contribution in [0.2, 0.25) is 0 Å². The minimum absolute atomic E-state index is 0.445. The van der Waals surface area contributed by atoms with Gasteiger partial charge in [-0.1, -0.05) is 0 Å². The van der Waals surface area contributed by atoms with Crippen LogP contribution in [0.3, 0.4) is 0 Å². The molecule has 1 fully saturated rings. The first-order valence-electron chi connectivity index (χ1n) is 6.94. The molecular weight excluding hydrogens is 256 g/mol. The molecule has 2 aromatic heterocycles. The average molecular weight is 276 g/mol. The molecule has 1 N–H and O–H groups in total. The standard InChI is InChI=1S/C14H20N4S/c1-10(2)18(8-11-4-3-6-15-11)13-12-5-7-19-14(12)17-9-16-13/h5,7,9-11,15H,3-4,6,8H2,1-2H3. The molecule has 1 aliphatic rings. The van der Waals surface area contributed by atoms with Crippen LogP contribution in [-0.4, -0.2) is 35.1 Å². The summed E-state index contributed by atoms with van der Waals surface area (Å²) >= 11 is 1.68. The molecular formula is C14H20N4S. The van der Waals surface area contributed by atoms with Crippen LogP contribution in [0.1, 0.15) is 26.7 Å². The van der Waals surface area contributed by atoms with Gasteiger partial charge in [-0.25, -0.2) is 9.97 Å². The van der Waals surface area contributed by atoms with E-state index in [1.54, 1.807) is 17.7 Å². The Bertz CT molecular complexity index is 545. The highest BCUT2D eigenvalue weighted by atomic mass is 32.1. The lowest BCUT2D eigenvalue weighted by molar-refractivity contribution is 0.550. The molecule has 1 atom stereocenters. The van der Waals surface area contributed by atoms with Gasteiger partial charge in [0.2, 0.25) is 0 Å². The number of nitrogens with zero attached hydrogens (tertiary/aromatic N) is 3. The van der Waals surface area contributed by atoms with Gasteiger partial charge < -0.3 is 10.2 Å². The maximum Gasteiger partial charge on any atom is 0.141 e. The van der Waals surface area contributed by atoms with Crippen LogP contribution in [0.4, 0.5) is 5.82 Å². The quantitative estimate of drug-likeness (QED) is 0.932.